The maximum absolute atomic E-state index is 13.9. The van der Waals surface area contributed by atoms with Gasteiger partial charge in [-0.3, -0.25) is 0 Å². The van der Waals surface area contributed by atoms with Gasteiger partial charge in [-0.2, -0.15) is 36.7 Å². The van der Waals surface area contributed by atoms with E-state index in [1.54, 1.807) is 16.8 Å². The average Bonchev–Trinajstić information content (AvgIpc) is 3.59. The van der Waals surface area contributed by atoms with Crippen molar-refractivity contribution in [3.05, 3.63) is 58.8 Å². The van der Waals surface area contributed by atoms with E-state index in [1.165, 1.54) is 12.1 Å². The summed E-state index contributed by atoms with van der Waals surface area (Å²) in [5.41, 5.74) is -3.31. The van der Waals surface area contributed by atoms with Gasteiger partial charge >= 0.3 is 12.4 Å². The minimum Gasteiger partial charge on any atom is -0.302 e. The molecule has 3 heterocycles. The van der Waals surface area contributed by atoms with Crippen LogP contribution in [0.1, 0.15) is 68.0 Å². The SMILES string of the molecule is CCCCc1nc(CCCC)n(Cc2ccc(-n3c(C(F)(F)F)cc(C(F)(F)F)c3-c3nn[nH]n3)cc2)n1. The van der Waals surface area contributed by atoms with Crippen molar-refractivity contribution in [2.75, 3.05) is 0 Å². The fourth-order valence-corrected chi connectivity index (χ4v) is 4.12. The summed E-state index contributed by atoms with van der Waals surface area (Å²) in [6.45, 7) is 4.47. The predicted octanol–water partition coefficient (Wildman–Crippen LogP) is 6.02. The van der Waals surface area contributed by atoms with Gasteiger partial charge in [-0.15, -0.1) is 10.2 Å². The first-order valence-electron chi connectivity index (χ1n) is 12.2. The van der Waals surface area contributed by atoms with E-state index >= 15 is 0 Å². The minimum atomic E-state index is -5.08. The van der Waals surface area contributed by atoms with Gasteiger partial charge in [0, 0.05) is 18.5 Å². The highest BCUT2D eigenvalue weighted by Crippen LogP contribution is 2.44. The number of benzene rings is 1. The molecule has 0 spiro atoms. The summed E-state index contributed by atoms with van der Waals surface area (Å²) in [6.07, 6.45) is -4.82. The third-order valence-corrected chi connectivity index (χ3v) is 5.98. The van der Waals surface area contributed by atoms with Gasteiger partial charge < -0.3 is 4.57 Å². The molecule has 1 N–H and O–H groups in total. The second-order valence-corrected chi connectivity index (χ2v) is 8.83. The molecular formula is C24H26F6N8. The van der Waals surface area contributed by atoms with E-state index in [2.05, 4.69) is 39.3 Å². The minimum absolute atomic E-state index is 0.0624. The molecule has 14 heteroatoms. The van der Waals surface area contributed by atoms with E-state index in [0.29, 0.717) is 16.7 Å². The maximum Gasteiger partial charge on any atom is 0.431 e. The zero-order chi connectivity index (χ0) is 27.5. The summed E-state index contributed by atoms with van der Waals surface area (Å²) in [4.78, 5) is 4.64. The molecule has 4 aromatic rings. The van der Waals surface area contributed by atoms with Crippen molar-refractivity contribution in [2.45, 2.75) is 71.3 Å². The second-order valence-electron chi connectivity index (χ2n) is 8.83. The molecule has 0 bridgehead atoms. The fourth-order valence-electron chi connectivity index (χ4n) is 4.12. The van der Waals surface area contributed by atoms with E-state index in [4.69, 9.17) is 0 Å². The van der Waals surface area contributed by atoms with Crippen LogP contribution >= 0.6 is 0 Å². The lowest BCUT2D eigenvalue weighted by Crippen LogP contribution is -2.14. The summed E-state index contributed by atoms with van der Waals surface area (Å²) in [5.74, 6) is 0.946. The number of H-pyrrole nitrogens is 1. The van der Waals surface area contributed by atoms with Gasteiger partial charge in [0.2, 0.25) is 5.82 Å². The lowest BCUT2D eigenvalue weighted by atomic mass is 10.2. The van der Waals surface area contributed by atoms with Crippen LogP contribution in [0.5, 0.6) is 0 Å². The van der Waals surface area contributed by atoms with Crippen LogP contribution in [-0.2, 0) is 31.7 Å². The van der Waals surface area contributed by atoms with Gasteiger partial charge in [-0.1, -0.05) is 38.8 Å². The number of unbranched alkanes of at least 4 members (excludes halogenated alkanes) is 2. The number of aryl methyl sites for hydroxylation is 2. The Balaban J connectivity index is 1.73. The van der Waals surface area contributed by atoms with Crippen molar-refractivity contribution in [1.29, 1.82) is 0 Å². The number of aromatic nitrogens is 8. The van der Waals surface area contributed by atoms with Crippen LogP contribution in [0.4, 0.5) is 26.3 Å². The first kappa shape index (κ1) is 27.3. The molecular weight excluding hydrogens is 514 g/mol. The molecule has 0 radical (unpaired) electrons. The number of hydrogen-bond acceptors (Lipinski definition) is 5. The molecule has 0 atom stereocenters. The van der Waals surface area contributed by atoms with Gasteiger partial charge in [0.05, 0.1) is 12.1 Å². The molecule has 0 aliphatic heterocycles. The van der Waals surface area contributed by atoms with Gasteiger partial charge in [0.1, 0.15) is 17.2 Å². The van der Waals surface area contributed by atoms with Gasteiger partial charge in [-0.25, -0.2) is 9.67 Å². The molecule has 0 aliphatic rings. The first-order valence-corrected chi connectivity index (χ1v) is 12.2. The quantitative estimate of drug-likeness (QED) is 0.249. The van der Waals surface area contributed by atoms with Crippen molar-refractivity contribution in [3.8, 4) is 17.2 Å². The normalized spacial score (nSPS) is 12.4. The number of nitrogens with zero attached hydrogens (tertiary/aromatic N) is 7. The van der Waals surface area contributed by atoms with Crippen LogP contribution in [0, 0.1) is 0 Å². The molecule has 0 saturated heterocycles. The lowest BCUT2D eigenvalue weighted by Gasteiger charge is -2.15. The third kappa shape index (κ3) is 5.89. The van der Waals surface area contributed by atoms with E-state index in [9.17, 15) is 26.3 Å². The highest BCUT2D eigenvalue weighted by Gasteiger charge is 2.45. The van der Waals surface area contributed by atoms with Crippen LogP contribution in [-0.4, -0.2) is 40.0 Å². The standard InChI is InChI=1S/C24H26F6N8/c1-3-5-7-19-31-20(8-6-4-2)37(34-19)14-15-9-11-16(12-10-15)38-18(24(28,29)30)13-17(23(25,26)27)21(38)22-32-35-36-33-22/h9-13H,3-8,14H2,1-2H3,(H,32,33,35,36). The van der Waals surface area contributed by atoms with Gasteiger partial charge in [-0.05, 0) is 41.8 Å². The van der Waals surface area contributed by atoms with Crippen molar-refractivity contribution in [1.82, 2.24) is 40.0 Å². The second kappa shape index (κ2) is 11.0. The van der Waals surface area contributed by atoms with Crippen LogP contribution in [0.3, 0.4) is 0 Å². The third-order valence-electron chi connectivity index (χ3n) is 5.98. The molecule has 0 aliphatic carbocycles. The van der Waals surface area contributed by atoms with Crippen LogP contribution in [0.2, 0.25) is 0 Å². The number of halogens is 6. The molecule has 0 amide bonds. The maximum atomic E-state index is 13.9. The Morgan fingerprint density at radius 3 is 2.16 bits per heavy atom. The molecule has 38 heavy (non-hydrogen) atoms. The molecule has 1 aromatic carbocycles. The molecule has 0 unspecified atom stereocenters. The fraction of sp³-hybridized carbons (Fsp3) is 0.458. The van der Waals surface area contributed by atoms with E-state index in [0.717, 1.165) is 50.2 Å². The first-order chi connectivity index (χ1) is 18.0. The van der Waals surface area contributed by atoms with E-state index < -0.39 is 35.1 Å². The Bertz CT molecular complexity index is 1330. The number of tetrazole rings is 1. The average molecular weight is 541 g/mol. The molecule has 204 valence electrons. The zero-order valence-electron chi connectivity index (χ0n) is 20.7. The monoisotopic (exact) mass is 540 g/mol. The van der Waals surface area contributed by atoms with E-state index in [1.807, 2.05) is 5.21 Å². The summed E-state index contributed by atoms with van der Waals surface area (Å²) in [7, 11) is 0. The smallest absolute Gasteiger partial charge is 0.302 e. The predicted molar refractivity (Wildman–Crippen MR) is 125 cm³/mol. The van der Waals surface area contributed by atoms with Gasteiger partial charge in [0.25, 0.3) is 0 Å². The summed E-state index contributed by atoms with van der Waals surface area (Å²) < 4.78 is 85.2. The molecule has 4 rings (SSSR count). The summed E-state index contributed by atoms with van der Waals surface area (Å²) in [6, 6.07) is 5.83. The van der Waals surface area contributed by atoms with Crippen LogP contribution in [0.15, 0.2) is 30.3 Å². The Labute approximate surface area is 214 Å². The topological polar surface area (TPSA) is 90.1 Å². The highest BCUT2D eigenvalue weighted by molar-refractivity contribution is 5.63. The molecule has 0 fully saturated rings. The Kier molecular flexibility index (Phi) is 7.88. The van der Waals surface area contributed by atoms with Crippen molar-refractivity contribution in [3.63, 3.8) is 0 Å². The number of hydrogen-bond donors (Lipinski definition) is 1. The number of aromatic amines is 1. The zero-order valence-corrected chi connectivity index (χ0v) is 20.7. The number of alkyl halides is 6. The highest BCUT2D eigenvalue weighted by atomic mass is 19.4. The van der Waals surface area contributed by atoms with Gasteiger partial charge in [0.15, 0.2) is 5.82 Å². The Hall–Kier alpha value is -3.71. The van der Waals surface area contributed by atoms with Crippen molar-refractivity contribution < 1.29 is 26.3 Å². The Morgan fingerprint density at radius 1 is 0.895 bits per heavy atom. The summed E-state index contributed by atoms with van der Waals surface area (Å²) >= 11 is 0. The molecule has 0 saturated carbocycles. The van der Waals surface area contributed by atoms with Crippen LogP contribution < -0.4 is 0 Å². The number of rotatable bonds is 10. The molecule has 3 aromatic heterocycles. The van der Waals surface area contributed by atoms with Crippen molar-refractivity contribution >= 4 is 0 Å². The largest absolute Gasteiger partial charge is 0.431 e. The Morgan fingerprint density at radius 2 is 1.58 bits per heavy atom. The molecule has 8 nitrogen and oxygen atoms in total. The van der Waals surface area contributed by atoms with E-state index in [-0.39, 0.29) is 11.8 Å². The number of nitrogens with one attached hydrogen (secondary N) is 1. The van der Waals surface area contributed by atoms with Crippen LogP contribution in [0.25, 0.3) is 17.2 Å². The summed E-state index contributed by atoms with van der Waals surface area (Å²) in [5, 5.41) is 16.9. The van der Waals surface area contributed by atoms with Crippen molar-refractivity contribution in [2.24, 2.45) is 0 Å². The lowest BCUT2D eigenvalue weighted by molar-refractivity contribution is -0.143.